The largest absolute Gasteiger partial charge is 0.435 e. The third-order valence-corrected chi connectivity index (χ3v) is 4.73. The average Bonchev–Trinajstić information content (AvgIpc) is 2.66. The fraction of sp³-hybridized carbons (Fsp3) is 0.500. The number of carbonyl (C=O) groups is 1. The number of carbonyl (C=O) groups excluding carboxylic acids is 1. The second-order valence-electron chi connectivity index (χ2n) is 7.09. The number of ether oxygens (including phenoxy) is 2. The number of benzene rings is 1. The molecular formula is C20H26F2N2O4. The van der Waals surface area contributed by atoms with Gasteiger partial charge in [-0.3, -0.25) is 9.78 Å². The molecule has 1 aromatic heterocycles. The van der Waals surface area contributed by atoms with E-state index in [1.54, 1.807) is 19.1 Å². The maximum atomic E-state index is 12.5. The maximum absolute atomic E-state index is 12.5. The molecule has 0 saturated heterocycles. The van der Waals surface area contributed by atoms with Crippen LogP contribution >= 0.6 is 0 Å². The zero-order valence-corrected chi connectivity index (χ0v) is 15.6. The van der Waals surface area contributed by atoms with Gasteiger partial charge in [-0.1, -0.05) is 0 Å². The van der Waals surface area contributed by atoms with Gasteiger partial charge in [0.05, 0.1) is 29.9 Å². The second kappa shape index (κ2) is 9.25. The van der Waals surface area contributed by atoms with Crippen molar-refractivity contribution in [2.24, 2.45) is 0 Å². The van der Waals surface area contributed by atoms with Gasteiger partial charge in [-0.25, -0.2) is 0 Å². The van der Waals surface area contributed by atoms with E-state index in [9.17, 15) is 18.7 Å². The van der Waals surface area contributed by atoms with Gasteiger partial charge in [-0.2, -0.15) is 8.78 Å². The van der Waals surface area contributed by atoms with E-state index in [4.69, 9.17) is 4.74 Å². The summed E-state index contributed by atoms with van der Waals surface area (Å²) in [6, 6.07) is 6.18. The summed E-state index contributed by atoms with van der Waals surface area (Å²) >= 11 is 0. The lowest BCUT2D eigenvalue weighted by molar-refractivity contribution is -0.0497. The van der Waals surface area contributed by atoms with E-state index in [1.165, 1.54) is 18.3 Å². The second-order valence-corrected chi connectivity index (χ2v) is 7.09. The molecule has 1 aliphatic carbocycles. The molecule has 1 aromatic carbocycles. The highest BCUT2D eigenvalue weighted by Crippen LogP contribution is 2.23. The number of hydrogen-bond donors (Lipinski definition) is 2. The minimum absolute atomic E-state index is 0. The Balaban J connectivity index is 0.00000300. The molecule has 28 heavy (non-hydrogen) atoms. The Kier molecular flexibility index (Phi) is 6.74. The summed E-state index contributed by atoms with van der Waals surface area (Å²) in [5.74, 6) is -0.183. The van der Waals surface area contributed by atoms with Gasteiger partial charge in [0.1, 0.15) is 5.75 Å². The molecule has 2 aromatic rings. The quantitative estimate of drug-likeness (QED) is 0.749. The van der Waals surface area contributed by atoms with Crippen molar-refractivity contribution in [3.05, 3.63) is 36.0 Å². The molecule has 0 radical (unpaired) electrons. The standard InChI is InChI=1S/C20H24F2N2O4.H2/c1-12(25)11-27-16-6-3-15(4-7-16)24-19(26)14-8-13-2-5-17(28-20(21)22)9-18(13)23-10-14;/h2,5,8-10,12,15-16,20,25H,3-4,6-7,11H2,1H3,(H,24,26);1H. The summed E-state index contributed by atoms with van der Waals surface area (Å²) in [5, 5.41) is 13.0. The monoisotopic (exact) mass is 396 g/mol. The Bertz CT molecular complexity index is 814. The Morgan fingerprint density at radius 2 is 2.07 bits per heavy atom. The number of hydrogen-bond acceptors (Lipinski definition) is 5. The first-order valence-electron chi connectivity index (χ1n) is 9.36. The molecule has 1 heterocycles. The molecule has 0 aliphatic heterocycles. The van der Waals surface area contributed by atoms with E-state index >= 15 is 0 Å². The van der Waals surface area contributed by atoms with E-state index in [1.807, 2.05) is 0 Å². The van der Waals surface area contributed by atoms with Crippen molar-refractivity contribution in [2.45, 2.75) is 57.5 Å². The maximum Gasteiger partial charge on any atom is 0.387 e. The van der Waals surface area contributed by atoms with Gasteiger partial charge in [0.25, 0.3) is 5.91 Å². The number of fused-ring (bicyclic) bond motifs is 1. The van der Waals surface area contributed by atoms with Crippen molar-refractivity contribution in [2.75, 3.05) is 6.61 Å². The predicted octanol–water partition coefficient (Wildman–Crippen LogP) is 3.52. The fourth-order valence-electron chi connectivity index (χ4n) is 3.32. The lowest BCUT2D eigenvalue weighted by atomic mass is 9.92. The molecule has 8 heteroatoms. The zero-order chi connectivity index (χ0) is 20.1. The number of amides is 1. The first-order chi connectivity index (χ1) is 13.4. The van der Waals surface area contributed by atoms with Crippen LogP contribution in [0, 0.1) is 0 Å². The minimum atomic E-state index is -2.89. The van der Waals surface area contributed by atoms with E-state index in [-0.39, 0.29) is 25.2 Å². The SMILES string of the molecule is CC(O)COC1CCC(NC(=O)c2cnc3cc(OC(F)F)ccc3c2)CC1.[HH]. The van der Waals surface area contributed by atoms with Gasteiger partial charge >= 0.3 is 6.61 Å². The van der Waals surface area contributed by atoms with E-state index < -0.39 is 12.7 Å². The van der Waals surface area contributed by atoms with Gasteiger partial charge < -0.3 is 19.9 Å². The number of alkyl halides is 2. The highest BCUT2D eigenvalue weighted by Gasteiger charge is 2.23. The van der Waals surface area contributed by atoms with Crippen LogP contribution in [0.25, 0.3) is 10.9 Å². The van der Waals surface area contributed by atoms with Gasteiger partial charge in [0, 0.05) is 25.1 Å². The van der Waals surface area contributed by atoms with Gasteiger partial charge in [-0.15, -0.1) is 0 Å². The summed E-state index contributed by atoms with van der Waals surface area (Å²) in [5.41, 5.74) is 0.896. The number of halogens is 2. The molecule has 2 N–H and O–H groups in total. The van der Waals surface area contributed by atoms with E-state index in [0.29, 0.717) is 23.1 Å². The smallest absolute Gasteiger partial charge is 0.387 e. The fourth-order valence-corrected chi connectivity index (χ4v) is 3.32. The van der Waals surface area contributed by atoms with Crippen molar-refractivity contribution in [3.63, 3.8) is 0 Å². The number of nitrogens with zero attached hydrogens (tertiary/aromatic N) is 1. The van der Waals surface area contributed by atoms with Crippen LogP contribution < -0.4 is 10.1 Å². The van der Waals surface area contributed by atoms with Crippen molar-refractivity contribution in [1.82, 2.24) is 10.3 Å². The number of aliphatic hydroxyl groups excluding tert-OH is 1. The molecule has 1 unspecified atom stereocenters. The van der Waals surface area contributed by atoms with Gasteiger partial charge in [0.15, 0.2) is 0 Å². The first-order valence-corrected chi connectivity index (χ1v) is 9.36. The molecule has 1 amide bonds. The normalized spacial score (nSPS) is 20.9. The lowest BCUT2D eigenvalue weighted by Gasteiger charge is -2.29. The molecule has 0 spiro atoms. The molecule has 154 valence electrons. The zero-order valence-electron chi connectivity index (χ0n) is 15.6. The molecule has 0 bridgehead atoms. The van der Waals surface area contributed by atoms with Crippen molar-refractivity contribution >= 4 is 16.8 Å². The Labute approximate surface area is 163 Å². The summed E-state index contributed by atoms with van der Waals surface area (Å²) in [7, 11) is 0. The van der Waals surface area contributed by atoms with Gasteiger partial charge in [-0.05, 0) is 50.8 Å². The molecular weight excluding hydrogens is 370 g/mol. The summed E-state index contributed by atoms with van der Waals surface area (Å²) in [6.07, 6.45) is 4.37. The molecule has 1 fully saturated rings. The number of aliphatic hydroxyl groups is 1. The third-order valence-electron chi connectivity index (χ3n) is 4.73. The number of nitrogens with one attached hydrogen (secondary N) is 1. The van der Waals surface area contributed by atoms with Crippen LogP contribution in [-0.2, 0) is 4.74 Å². The summed E-state index contributed by atoms with van der Waals surface area (Å²) in [6.45, 7) is -0.875. The van der Waals surface area contributed by atoms with Crippen molar-refractivity contribution in [3.8, 4) is 5.75 Å². The van der Waals surface area contributed by atoms with Crippen LogP contribution in [0.4, 0.5) is 8.78 Å². The Hall–Kier alpha value is -2.32. The van der Waals surface area contributed by atoms with Crippen LogP contribution in [0.3, 0.4) is 0 Å². The van der Waals surface area contributed by atoms with Crippen LogP contribution in [0.15, 0.2) is 30.5 Å². The molecule has 1 saturated carbocycles. The van der Waals surface area contributed by atoms with E-state index in [0.717, 1.165) is 25.7 Å². The molecule has 6 nitrogen and oxygen atoms in total. The first kappa shape index (κ1) is 20.4. The van der Waals surface area contributed by atoms with Crippen LogP contribution in [-0.4, -0.2) is 47.5 Å². The van der Waals surface area contributed by atoms with E-state index in [2.05, 4.69) is 15.0 Å². The molecule has 1 aliphatic rings. The van der Waals surface area contributed by atoms with Gasteiger partial charge in [0.2, 0.25) is 0 Å². The molecule has 3 rings (SSSR count). The molecule has 1 atom stereocenters. The number of pyridine rings is 1. The highest BCUT2D eigenvalue weighted by molar-refractivity contribution is 5.97. The Morgan fingerprint density at radius 3 is 2.75 bits per heavy atom. The summed E-state index contributed by atoms with van der Waals surface area (Å²) < 4.78 is 34.6. The van der Waals surface area contributed by atoms with Crippen LogP contribution in [0.5, 0.6) is 5.75 Å². The summed E-state index contributed by atoms with van der Waals surface area (Å²) in [4.78, 5) is 16.7. The average molecular weight is 396 g/mol. The third kappa shape index (κ3) is 5.59. The topological polar surface area (TPSA) is 80.7 Å². The van der Waals surface area contributed by atoms with Crippen LogP contribution in [0.2, 0.25) is 0 Å². The van der Waals surface area contributed by atoms with Crippen LogP contribution in [0.1, 0.15) is 44.4 Å². The predicted molar refractivity (Wildman–Crippen MR) is 102 cm³/mol. The van der Waals surface area contributed by atoms with Crippen molar-refractivity contribution in [1.29, 1.82) is 0 Å². The Morgan fingerprint density at radius 1 is 1.32 bits per heavy atom. The minimum Gasteiger partial charge on any atom is -0.435 e. The lowest BCUT2D eigenvalue weighted by Crippen LogP contribution is -2.39. The number of aromatic nitrogens is 1. The highest BCUT2D eigenvalue weighted by atomic mass is 19.3. The number of rotatable bonds is 7. The van der Waals surface area contributed by atoms with Crippen molar-refractivity contribution < 1.29 is 29.6 Å².